The number of para-hydroxylation sites is 1. The molecular weight excluding hydrogens is 268 g/mol. The van der Waals surface area contributed by atoms with Crippen molar-refractivity contribution in [3.8, 4) is 5.75 Å². The van der Waals surface area contributed by atoms with Crippen LogP contribution < -0.4 is 15.8 Å². The van der Waals surface area contributed by atoms with E-state index < -0.39 is 5.91 Å². The summed E-state index contributed by atoms with van der Waals surface area (Å²) in [7, 11) is 0. The van der Waals surface area contributed by atoms with Crippen LogP contribution in [0, 0.1) is 6.92 Å². The third-order valence-electron chi connectivity index (χ3n) is 2.81. The van der Waals surface area contributed by atoms with E-state index in [9.17, 15) is 9.59 Å². The molecule has 2 rings (SSSR count). The summed E-state index contributed by atoms with van der Waals surface area (Å²) in [5.74, 6) is -0.603. The van der Waals surface area contributed by atoms with E-state index in [4.69, 9.17) is 10.5 Å². The predicted molar refractivity (Wildman–Crippen MR) is 80.3 cm³/mol. The largest absolute Gasteiger partial charge is 0.483 e. The highest BCUT2D eigenvalue weighted by Crippen LogP contribution is 2.17. The molecule has 0 fully saturated rings. The van der Waals surface area contributed by atoms with E-state index in [1.54, 1.807) is 30.3 Å². The number of hydrogen-bond acceptors (Lipinski definition) is 3. The first-order valence-corrected chi connectivity index (χ1v) is 6.44. The molecule has 0 heterocycles. The highest BCUT2D eigenvalue weighted by molar-refractivity contribution is 5.96. The number of primary amides is 1. The molecule has 0 saturated carbocycles. The number of carbonyl (C=O) groups excluding carboxylic acids is 2. The molecule has 0 aromatic heterocycles. The fourth-order valence-electron chi connectivity index (χ4n) is 1.86. The number of nitrogens with one attached hydrogen (secondary N) is 1. The summed E-state index contributed by atoms with van der Waals surface area (Å²) < 4.78 is 5.35. The van der Waals surface area contributed by atoms with Crippen LogP contribution in [-0.2, 0) is 4.79 Å². The number of hydrogen-bond donors (Lipinski definition) is 2. The first-order chi connectivity index (χ1) is 10.1. The lowest BCUT2D eigenvalue weighted by atomic mass is 10.2. The molecule has 2 aromatic rings. The van der Waals surface area contributed by atoms with Gasteiger partial charge in [-0.15, -0.1) is 0 Å². The van der Waals surface area contributed by atoms with Crippen LogP contribution in [-0.4, -0.2) is 18.4 Å². The van der Waals surface area contributed by atoms with E-state index in [0.29, 0.717) is 11.4 Å². The second kappa shape index (κ2) is 6.56. The number of anilines is 1. The molecular formula is C16H16N2O3. The van der Waals surface area contributed by atoms with Crippen molar-refractivity contribution in [3.63, 3.8) is 0 Å². The summed E-state index contributed by atoms with van der Waals surface area (Å²) in [4.78, 5) is 23.1. The normalized spacial score (nSPS) is 9.95. The lowest BCUT2D eigenvalue weighted by Gasteiger charge is -2.10. The minimum Gasteiger partial charge on any atom is -0.483 e. The van der Waals surface area contributed by atoms with Crippen LogP contribution in [0.1, 0.15) is 15.9 Å². The van der Waals surface area contributed by atoms with E-state index in [0.717, 1.165) is 5.56 Å². The van der Waals surface area contributed by atoms with Gasteiger partial charge < -0.3 is 15.8 Å². The maximum absolute atomic E-state index is 11.8. The van der Waals surface area contributed by atoms with Crippen molar-refractivity contribution >= 4 is 17.5 Å². The molecule has 5 nitrogen and oxygen atoms in total. The molecule has 0 aliphatic carbocycles. The Morgan fingerprint density at radius 3 is 2.62 bits per heavy atom. The van der Waals surface area contributed by atoms with Gasteiger partial charge in [-0.1, -0.05) is 24.3 Å². The molecule has 0 atom stereocenters. The predicted octanol–water partition coefficient (Wildman–Crippen LogP) is 2.11. The highest BCUT2D eigenvalue weighted by atomic mass is 16.5. The Morgan fingerprint density at radius 2 is 1.90 bits per heavy atom. The summed E-state index contributed by atoms with van der Waals surface area (Å²) in [6.07, 6.45) is 0. The van der Waals surface area contributed by atoms with Gasteiger partial charge in [-0.25, -0.2) is 0 Å². The Balaban J connectivity index is 1.97. The van der Waals surface area contributed by atoms with Crippen molar-refractivity contribution in [3.05, 3.63) is 59.7 Å². The molecule has 0 aliphatic heterocycles. The number of aryl methyl sites for hydroxylation is 1. The summed E-state index contributed by atoms with van der Waals surface area (Å²) in [5, 5.41) is 2.72. The van der Waals surface area contributed by atoms with Crippen molar-refractivity contribution in [1.29, 1.82) is 0 Å². The van der Waals surface area contributed by atoms with Crippen LogP contribution in [0.3, 0.4) is 0 Å². The Bertz CT molecular complexity index is 668. The smallest absolute Gasteiger partial charge is 0.262 e. The van der Waals surface area contributed by atoms with Crippen molar-refractivity contribution in [1.82, 2.24) is 0 Å². The molecule has 0 saturated heterocycles. The SMILES string of the molecule is Cc1cccc(NC(=O)COc2ccccc2C(N)=O)c1. The van der Waals surface area contributed by atoms with Crippen molar-refractivity contribution in [2.24, 2.45) is 5.73 Å². The standard InChI is InChI=1S/C16H16N2O3/c1-11-5-4-6-12(9-11)18-15(19)10-21-14-8-3-2-7-13(14)16(17)20/h2-9H,10H2,1H3,(H2,17,20)(H,18,19). The second-order valence-electron chi connectivity index (χ2n) is 4.57. The number of amides is 2. The molecule has 2 aromatic carbocycles. The van der Waals surface area contributed by atoms with Gasteiger partial charge in [0, 0.05) is 5.69 Å². The zero-order valence-electron chi connectivity index (χ0n) is 11.6. The van der Waals surface area contributed by atoms with E-state index in [-0.39, 0.29) is 18.1 Å². The average molecular weight is 284 g/mol. The highest BCUT2D eigenvalue weighted by Gasteiger charge is 2.10. The molecule has 0 spiro atoms. The minimum absolute atomic E-state index is 0.196. The van der Waals surface area contributed by atoms with Gasteiger partial charge in [0.2, 0.25) is 0 Å². The molecule has 21 heavy (non-hydrogen) atoms. The van der Waals surface area contributed by atoms with E-state index in [2.05, 4.69) is 5.32 Å². The third kappa shape index (κ3) is 4.07. The van der Waals surface area contributed by atoms with Gasteiger partial charge in [0.25, 0.3) is 11.8 Å². The number of carbonyl (C=O) groups is 2. The summed E-state index contributed by atoms with van der Waals surface area (Å²) in [6.45, 7) is 1.74. The Kier molecular flexibility index (Phi) is 4.56. The summed E-state index contributed by atoms with van der Waals surface area (Å²) >= 11 is 0. The molecule has 5 heteroatoms. The van der Waals surface area contributed by atoms with E-state index in [1.165, 1.54) is 0 Å². The van der Waals surface area contributed by atoms with Crippen molar-refractivity contribution in [2.75, 3.05) is 11.9 Å². The van der Waals surface area contributed by atoms with Crippen LogP contribution >= 0.6 is 0 Å². The van der Waals surface area contributed by atoms with Crippen LogP contribution in [0.15, 0.2) is 48.5 Å². The maximum Gasteiger partial charge on any atom is 0.262 e. The summed E-state index contributed by atoms with van der Waals surface area (Å²) in [6, 6.07) is 14.0. The van der Waals surface area contributed by atoms with Gasteiger partial charge in [-0.3, -0.25) is 9.59 Å². The minimum atomic E-state index is -0.593. The van der Waals surface area contributed by atoms with Gasteiger partial charge in [-0.2, -0.15) is 0 Å². The average Bonchev–Trinajstić information content (AvgIpc) is 2.45. The van der Waals surface area contributed by atoms with Crippen LogP contribution in [0.2, 0.25) is 0 Å². The molecule has 3 N–H and O–H groups in total. The van der Waals surface area contributed by atoms with E-state index in [1.807, 2.05) is 25.1 Å². The van der Waals surface area contributed by atoms with Gasteiger partial charge in [0.05, 0.1) is 5.56 Å². The van der Waals surface area contributed by atoms with Crippen molar-refractivity contribution < 1.29 is 14.3 Å². The molecule has 0 bridgehead atoms. The van der Waals surface area contributed by atoms with Gasteiger partial charge in [0.1, 0.15) is 5.75 Å². The van der Waals surface area contributed by atoms with Crippen LogP contribution in [0.4, 0.5) is 5.69 Å². The zero-order chi connectivity index (χ0) is 15.2. The van der Waals surface area contributed by atoms with Gasteiger partial charge in [-0.05, 0) is 36.8 Å². The molecule has 2 amide bonds. The lowest BCUT2D eigenvalue weighted by Crippen LogP contribution is -2.21. The monoisotopic (exact) mass is 284 g/mol. The molecule has 108 valence electrons. The number of benzene rings is 2. The Hall–Kier alpha value is -2.82. The fraction of sp³-hybridized carbons (Fsp3) is 0.125. The van der Waals surface area contributed by atoms with Crippen LogP contribution in [0.5, 0.6) is 5.75 Å². The molecule has 0 aliphatic rings. The molecule has 0 radical (unpaired) electrons. The van der Waals surface area contributed by atoms with E-state index >= 15 is 0 Å². The lowest BCUT2D eigenvalue weighted by molar-refractivity contribution is -0.118. The Morgan fingerprint density at radius 1 is 1.14 bits per heavy atom. The first-order valence-electron chi connectivity index (χ1n) is 6.44. The Labute approximate surface area is 122 Å². The third-order valence-corrected chi connectivity index (χ3v) is 2.81. The first kappa shape index (κ1) is 14.6. The second-order valence-corrected chi connectivity index (χ2v) is 4.57. The quantitative estimate of drug-likeness (QED) is 0.882. The fourth-order valence-corrected chi connectivity index (χ4v) is 1.86. The van der Waals surface area contributed by atoms with Gasteiger partial charge >= 0.3 is 0 Å². The molecule has 0 unspecified atom stereocenters. The maximum atomic E-state index is 11.8. The van der Waals surface area contributed by atoms with Crippen molar-refractivity contribution in [2.45, 2.75) is 6.92 Å². The number of nitrogens with two attached hydrogens (primary N) is 1. The van der Waals surface area contributed by atoms with Gasteiger partial charge in [0.15, 0.2) is 6.61 Å². The van der Waals surface area contributed by atoms with Crippen LogP contribution in [0.25, 0.3) is 0 Å². The topological polar surface area (TPSA) is 81.4 Å². The zero-order valence-corrected chi connectivity index (χ0v) is 11.6. The summed E-state index contributed by atoms with van der Waals surface area (Å²) in [5.41, 5.74) is 7.24. The number of rotatable bonds is 5. The number of ether oxygens (including phenoxy) is 1.